The molecule has 0 aliphatic heterocycles. The van der Waals surface area contributed by atoms with Gasteiger partial charge in [-0.3, -0.25) is 0 Å². The van der Waals surface area contributed by atoms with Crippen LogP contribution in [0.4, 0.5) is 4.39 Å². The van der Waals surface area contributed by atoms with Crippen LogP contribution in [0.3, 0.4) is 0 Å². The van der Waals surface area contributed by atoms with E-state index in [4.69, 9.17) is 10.5 Å². The van der Waals surface area contributed by atoms with Crippen molar-refractivity contribution < 1.29 is 9.13 Å². The Morgan fingerprint density at radius 1 is 1.28 bits per heavy atom. The van der Waals surface area contributed by atoms with E-state index in [0.29, 0.717) is 5.88 Å². The molecule has 0 amide bonds. The summed E-state index contributed by atoms with van der Waals surface area (Å²) in [7, 11) is 0. The molecular weight excluding hydrogens is 231 g/mol. The van der Waals surface area contributed by atoms with Gasteiger partial charge in [0, 0.05) is 18.3 Å². The number of benzene rings is 1. The van der Waals surface area contributed by atoms with E-state index in [9.17, 15) is 4.39 Å². The average molecular weight is 246 g/mol. The summed E-state index contributed by atoms with van der Waals surface area (Å²) in [6, 6.07) is 8.12. The lowest BCUT2D eigenvalue weighted by molar-refractivity contribution is 0.426. The van der Waals surface area contributed by atoms with Crippen molar-refractivity contribution in [1.82, 2.24) is 4.98 Å². The number of hydrogen-bond donors (Lipinski definition) is 1. The van der Waals surface area contributed by atoms with Gasteiger partial charge in [-0.05, 0) is 37.1 Å². The van der Waals surface area contributed by atoms with Crippen LogP contribution in [-0.4, -0.2) is 4.98 Å². The number of halogens is 1. The van der Waals surface area contributed by atoms with Gasteiger partial charge in [0.25, 0.3) is 0 Å². The molecule has 0 radical (unpaired) electrons. The molecule has 94 valence electrons. The minimum atomic E-state index is -0.404. The van der Waals surface area contributed by atoms with Gasteiger partial charge in [-0.15, -0.1) is 0 Å². The second-order valence-electron chi connectivity index (χ2n) is 4.25. The van der Waals surface area contributed by atoms with Crippen LogP contribution in [0.25, 0.3) is 0 Å². The van der Waals surface area contributed by atoms with Crippen molar-refractivity contribution in [3.8, 4) is 11.6 Å². The number of aryl methyl sites for hydroxylation is 1. The number of rotatable bonds is 3. The van der Waals surface area contributed by atoms with Crippen LogP contribution in [0, 0.1) is 12.7 Å². The summed E-state index contributed by atoms with van der Waals surface area (Å²) in [6.07, 6.45) is 1.63. The van der Waals surface area contributed by atoms with Crippen molar-refractivity contribution in [2.24, 2.45) is 5.73 Å². The molecule has 0 saturated carbocycles. The van der Waals surface area contributed by atoms with Gasteiger partial charge >= 0.3 is 0 Å². The summed E-state index contributed by atoms with van der Waals surface area (Å²) in [6.45, 7) is 3.75. The Bertz CT molecular complexity index is 538. The van der Waals surface area contributed by atoms with Crippen LogP contribution in [0.1, 0.15) is 24.1 Å². The molecule has 0 aliphatic rings. The number of hydrogen-bond acceptors (Lipinski definition) is 3. The molecule has 0 saturated heterocycles. The summed E-state index contributed by atoms with van der Waals surface area (Å²) in [5.41, 5.74) is 7.56. The first kappa shape index (κ1) is 12.5. The van der Waals surface area contributed by atoms with E-state index in [1.807, 2.05) is 19.9 Å². The van der Waals surface area contributed by atoms with Crippen LogP contribution in [-0.2, 0) is 0 Å². The van der Waals surface area contributed by atoms with Crippen molar-refractivity contribution in [1.29, 1.82) is 0 Å². The molecule has 0 bridgehead atoms. The molecule has 0 spiro atoms. The Balaban J connectivity index is 2.21. The predicted octanol–water partition coefficient (Wildman–Crippen LogP) is 3.34. The smallest absolute Gasteiger partial charge is 0.219 e. The summed E-state index contributed by atoms with van der Waals surface area (Å²) in [5, 5.41) is 0. The fourth-order valence-corrected chi connectivity index (χ4v) is 1.52. The maximum atomic E-state index is 13.5. The number of pyridine rings is 1. The normalized spacial score (nSPS) is 12.2. The van der Waals surface area contributed by atoms with E-state index in [0.717, 1.165) is 11.1 Å². The maximum absolute atomic E-state index is 13.5. The van der Waals surface area contributed by atoms with E-state index in [-0.39, 0.29) is 11.8 Å². The van der Waals surface area contributed by atoms with Crippen LogP contribution in [0.2, 0.25) is 0 Å². The second kappa shape index (κ2) is 5.14. The molecule has 4 heteroatoms. The van der Waals surface area contributed by atoms with Crippen LogP contribution >= 0.6 is 0 Å². The van der Waals surface area contributed by atoms with Crippen LogP contribution < -0.4 is 10.5 Å². The Morgan fingerprint density at radius 3 is 2.67 bits per heavy atom. The first-order valence-corrected chi connectivity index (χ1v) is 5.72. The Kier molecular flexibility index (Phi) is 3.58. The summed E-state index contributed by atoms with van der Waals surface area (Å²) in [4.78, 5) is 4.10. The van der Waals surface area contributed by atoms with E-state index in [1.54, 1.807) is 24.4 Å². The topological polar surface area (TPSA) is 48.1 Å². The molecule has 2 aromatic rings. The summed E-state index contributed by atoms with van der Waals surface area (Å²) in [5.74, 6) is 0.124. The molecule has 3 nitrogen and oxygen atoms in total. The van der Waals surface area contributed by atoms with Crippen LogP contribution in [0.15, 0.2) is 36.5 Å². The number of nitrogens with two attached hydrogens (primary N) is 1. The number of ether oxygens (including phenoxy) is 1. The zero-order valence-corrected chi connectivity index (χ0v) is 10.4. The highest BCUT2D eigenvalue weighted by Crippen LogP contribution is 2.24. The van der Waals surface area contributed by atoms with Crippen LogP contribution in [0.5, 0.6) is 11.6 Å². The first-order valence-electron chi connectivity index (χ1n) is 5.72. The molecule has 2 rings (SSSR count). The standard InChI is InChI=1S/C14H15FN2O/c1-9-3-5-12(15)13(7-9)18-14-6-4-11(8-17-14)10(2)16/h3-8,10H,16H2,1-2H3/t10-/m0/s1. The fourth-order valence-electron chi connectivity index (χ4n) is 1.52. The highest BCUT2D eigenvalue weighted by Gasteiger charge is 2.06. The quantitative estimate of drug-likeness (QED) is 0.903. The molecule has 1 heterocycles. The predicted molar refractivity (Wildman–Crippen MR) is 68.1 cm³/mol. The molecule has 18 heavy (non-hydrogen) atoms. The summed E-state index contributed by atoms with van der Waals surface area (Å²) >= 11 is 0. The third-order valence-corrected chi connectivity index (χ3v) is 2.59. The van der Waals surface area contributed by atoms with Crippen molar-refractivity contribution in [3.63, 3.8) is 0 Å². The van der Waals surface area contributed by atoms with E-state index < -0.39 is 5.82 Å². The lowest BCUT2D eigenvalue weighted by Crippen LogP contribution is -2.05. The second-order valence-corrected chi connectivity index (χ2v) is 4.25. The van der Waals surface area contributed by atoms with Gasteiger partial charge in [0.1, 0.15) is 0 Å². The lowest BCUT2D eigenvalue weighted by Gasteiger charge is -2.08. The Morgan fingerprint density at radius 2 is 2.06 bits per heavy atom. The molecule has 1 atom stereocenters. The zero-order chi connectivity index (χ0) is 13.1. The van der Waals surface area contributed by atoms with Gasteiger partial charge < -0.3 is 10.5 Å². The Labute approximate surface area is 105 Å². The maximum Gasteiger partial charge on any atom is 0.219 e. The number of aromatic nitrogens is 1. The zero-order valence-electron chi connectivity index (χ0n) is 10.4. The third-order valence-electron chi connectivity index (χ3n) is 2.59. The molecule has 2 N–H and O–H groups in total. The van der Waals surface area contributed by atoms with Crippen molar-refractivity contribution in [2.75, 3.05) is 0 Å². The van der Waals surface area contributed by atoms with Crippen molar-refractivity contribution in [3.05, 3.63) is 53.5 Å². The van der Waals surface area contributed by atoms with Gasteiger partial charge in [-0.25, -0.2) is 9.37 Å². The highest BCUT2D eigenvalue weighted by molar-refractivity contribution is 5.33. The molecular formula is C14H15FN2O. The lowest BCUT2D eigenvalue weighted by atomic mass is 10.2. The van der Waals surface area contributed by atoms with Crippen molar-refractivity contribution in [2.45, 2.75) is 19.9 Å². The van der Waals surface area contributed by atoms with E-state index in [2.05, 4.69) is 4.98 Å². The minimum absolute atomic E-state index is 0.0812. The van der Waals surface area contributed by atoms with Gasteiger partial charge in [0.05, 0.1) is 0 Å². The molecule has 1 aromatic carbocycles. The molecule has 0 unspecified atom stereocenters. The third kappa shape index (κ3) is 2.84. The van der Waals surface area contributed by atoms with Gasteiger partial charge in [-0.1, -0.05) is 12.1 Å². The van der Waals surface area contributed by atoms with Gasteiger partial charge in [0.2, 0.25) is 5.88 Å². The minimum Gasteiger partial charge on any atom is -0.436 e. The highest BCUT2D eigenvalue weighted by atomic mass is 19.1. The first-order chi connectivity index (χ1) is 8.56. The fraction of sp³-hybridized carbons (Fsp3) is 0.214. The molecule has 0 aliphatic carbocycles. The van der Waals surface area contributed by atoms with E-state index >= 15 is 0 Å². The SMILES string of the molecule is Cc1ccc(F)c(Oc2ccc([C@H](C)N)cn2)c1. The molecule has 0 fully saturated rings. The number of nitrogens with zero attached hydrogens (tertiary/aromatic N) is 1. The van der Waals surface area contributed by atoms with Gasteiger partial charge in [0.15, 0.2) is 11.6 Å². The summed E-state index contributed by atoms with van der Waals surface area (Å²) < 4.78 is 18.9. The Hall–Kier alpha value is -1.94. The van der Waals surface area contributed by atoms with Crippen molar-refractivity contribution >= 4 is 0 Å². The monoisotopic (exact) mass is 246 g/mol. The van der Waals surface area contributed by atoms with E-state index in [1.165, 1.54) is 6.07 Å². The average Bonchev–Trinajstić information content (AvgIpc) is 2.34. The largest absolute Gasteiger partial charge is 0.436 e. The van der Waals surface area contributed by atoms with Gasteiger partial charge in [-0.2, -0.15) is 0 Å². The molecule has 1 aromatic heterocycles.